The van der Waals surface area contributed by atoms with Crippen LogP contribution in [0.1, 0.15) is 10.4 Å². The van der Waals surface area contributed by atoms with E-state index in [-0.39, 0.29) is 10.6 Å². The van der Waals surface area contributed by atoms with Gasteiger partial charge < -0.3 is 9.84 Å². The molecule has 0 aliphatic heterocycles. The van der Waals surface area contributed by atoms with Gasteiger partial charge in [0.1, 0.15) is 24.7 Å². The Morgan fingerprint density at radius 1 is 1.37 bits per heavy atom. The summed E-state index contributed by atoms with van der Waals surface area (Å²) in [6, 6.07) is 3.07. The van der Waals surface area contributed by atoms with E-state index in [1.165, 1.54) is 0 Å². The topological polar surface area (TPSA) is 80.7 Å². The fourth-order valence-electron chi connectivity index (χ4n) is 1.29. The maximum absolute atomic E-state index is 12.3. The Kier molecular flexibility index (Phi) is 4.82. The lowest BCUT2D eigenvalue weighted by molar-refractivity contribution is 0.0683. The average molecular weight is 294 g/mol. The van der Waals surface area contributed by atoms with E-state index in [4.69, 9.17) is 9.84 Å². The molecule has 1 aromatic carbocycles. The lowest BCUT2D eigenvalue weighted by atomic mass is 10.2. The summed E-state index contributed by atoms with van der Waals surface area (Å²) in [6.45, 7) is -2.24. The van der Waals surface area contributed by atoms with Crippen LogP contribution in [0.4, 0.5) is 8.78 Å². The van der Waals surface area contributed by atoms with Crippen LogP contribution in [0.2, 0.25) is 0 Å². The van der Waals surface area contributed by atoms with Gasteiger partial charge in [0.15, 0.2) is 15.9 Å². The van der Waals surface area contributed by atoms with Gasteiger partial charge in [0, 0.05) is 6.26 Å². The highest BCUT2D eigenvalue weighted by Gasteiger charge is 2.19. The summed E-state index contributed by atoms with van der Waals surface area (Å²) in [6.07, 6.45) is -0.498. The number of hydrogen-bond acceptors (Lipinski definition) is 4. The molecule has 1 N–H and O–H groups in total. The number of benzene rings is 1. The monoisotopic (exact) mass is 294 g/mol. The van der Waals surface area contributed by atoms with Crippen LogP contribution in [0.3, 0.4) is 0 Å². The Morgan fingerprint density at radius 3 is 2.37 bits per heavy atom. The van der Waals surface area contributed by atoms with Crippen molar-refractivity contribution in [2.24, 2.45) is 0 Å². The number of ether oxygens (including phenoxy) is 1. The van der Waals surface area contributed by atoms with Gasteiger partial charge in [-0.05, 0) is 18.2 Å². The van der Waals surface area contributed by atoms with E-state index in [0.717, 1.165) is 24.5 Å². The van der Waals surface area contributed by atoms with Crippen LogP contribution in [-0.4, -0.2) is 45.2 Å². The zero-order chi connectivity index (χ0) is 14.6. The molecular formula is C11H12F2O5S. The molecule has 0 unspecified atom stereocenters. The van der Waals surface area contributed by atoms with Crippen LogP contribution >= 0.6 is 0 Å². The summed E-state index contributed by atoms with van der Waals surface area (Å²) >= 11 is 0. The standard InChI is InChI=1S/C11H12F2O5S/c1-19(16,17)8-2-3-10(9(4-8)11(14)15)18-7(5-12)6-13/h2-4,7H,5-6H2,1H3,(H,14,15). The van der Waals surface area contributed by atoms with Gasteiger partial charge >= 0.3 is 5.97 Å². The molecule has 0 aliphatic carbocycles. The molecule has 106 valence electrons. The molecule has 0 saturated carbocycles. The van der Waals surface area contributed by atoms with Gasteiger partial charge in [-0.15, -0.1) is 0 Å². The molecule has 1 aromatic rings. The summed E-state index contributed by atoms with van der Waals surface area (Å²) in [5.41, 5.74) is -0.463. The molecule has 0 radical (unpaired) electrons. The van der Waals surface area contributed by atoms with E-state index in [1.807, 2.05) is 0 Å². The van der Waals surface area contributed by atoms with E-state index < -0.39 is 40.8 Å². The number of carboxylic acid groups (broad SMARTS) is 1. The van der Waals surface area contributed by atoms with E-state index >= 15 is 0 Å². The van der Waals surface area contributed by atoms with Gasteiger partial charge in [0.05, 0.1) is 4.90 Å². The second-order valence-corrected chi connectivity index (χ2v) is 5.80. The maximum atomic E-state index is 12.3. The predicted octanol–water partition coefficient (Wildman–Crippen LogP) is 1.47. The fraction of sp³-hybridized carbons (Fsp3) is 0.364. The van der Waals surface area contributed by atoms with E-state index in [9.17, 15) is 22.0 Å². The number of carboxylic acids is 1. The smallest absolute Gasteiger partial charge is 0.339 e. The lowest BCUT2D eigenvalue weighted by Crippen LogP contribution is -2.22. The third-order valence-corrected chi connectivity index (χ3v) is 3.36. The Balaban J connectivity index is 3.23. The van der Waals surface area contributed by atoms with Crippen LogP contribution in [0.5, 0.6) is 5.75 Å². The molecule has 0 aromatic heterocycles. The van der Waals surface area contributed by atoms with Crippen molar-refractivity contribution >= 4 is 15.8 Å². The molecule has 1 rings (SSSR count). The van der Waals surface area contributed by atoms with Crippen molar-refractivity contribution in [1.82, 2.24) is 0 Å². The van der Waals surface area contributed by atoms with Crippen LogP contribution in [-0.2, 0) is 9.84 Å². The van der Waals surface area contributed by atoms with Crippen molar-refractivity contribution in [2.45, 2.75) is 11.0 Å². The van der Waals surface area contributed by atoms with Gasteiger partial charge in [-0.1, -0.05) is 0 Å². The predicted molar refractivity (Wildman–Crippen MR) is 62.9 cm³/mol. The van der Waals surface area contributed by atoms with E-state index in [2.05, 4.69) is 0 Å². The third kappa shape index (κ3) is 3.88. The highest BCUT2D eigenvalue weighted by molar-refractivity contribution is 7.90. The Bertz CT molecular complexity index is 566. The third-order valence-electron chi connectivity index (χ3n) is 2.25. The quantitative estimate of drug-likeness (QED) is 0.859. The van der Waals surface area contributed by atoms with Crippen LogP contribution in [0, 0.1) is 0 Å². The first-order valence-corrected chi connectivity index (χ1v) is 7.04. The lowest BCUT2D eigenvalue weighted by Gasteiger charge is -2.15. The zero-order valence-electron chi connectivity index (χ0n) is 9.97. The highest BCUT2D eigenvalue weighted by Crippen LogP contribution is 2.24. The minimum absolute atomic E-state index is 0.214. The van der Waals surface area contributed by atoms with Crippen molar-refractivity contribution in [3.05, 3.63) is 23.8 Å². The molecule has 8 heteroatoms. The number of rotatable bonds is 6. The van der Waals surface area contributed by atoms with Gasteiger partial charge in [0.2, 0.25) is 0 Å². The largest absolute Gasteiger partial charge is 0.484 e. The van der Waals surface area contributed by atoms with Gasteiger partial charge in [-0.3, -0.25) is 0 Å². The minimum atomic E-state index is -3.58. The summed E-state index contributed by atoms with van der Waals surface area (Å²) < 4.78 is 52.1. The highest BCUT2D eigenvalue weighted by atomic mass is 32.2. The van der Waals surface area contributed by atoms with Crippen molar-refractivity contribution < 1.29 is 31.8 Å². The molecule has 5 nitrogen and oxygen atoms in total. The Morgan fingerprint density at radius 2 is 1.95 bits per heavy atom. The maximum Gasteiger partial charge on any atom is 0.339 e. The minimum Gasteiger partial charge on any atom is -0.484 e. The average Bonchev–Trinajstić information content (AvgIpc) is 2.34. The molecule has 0 atom stereocenters. The van der Waals surface area contributed by atoms with E-state index in [0.29, 0.717) is 0 Å². The SMILES string of the molecule is CS(=O)(=O)c1ccc(OC(CF)CF)c(C(=O)O)c1. The molecule has 19 heavy (non-hydrogen) atoms. The molecule has 0 saturated heterocycles. The van der Waals surface area contributed by atoms with Gasteiger partial charge in [-0.2, -0.15) is 0 Å². The zero-order valence-corrected chi connectivity index (χ0v) is 10.8. The van der Waals surface area contributed by atoms with Gasteiger partial charge in [0.25, 0.3) is 0 Å². The second-order valence-electron chi connectivity index (χ2n) is 3.78. The molecular weight excluding hydrogens is 282 g/mol. The normalized spacial score (nSPS) is 11.6. The number of hydrogen-bond donors (Lipinski definition) is 1. The van der Waals surface area contributed by atoms with Crippen LogP contribution in [0.25, 0.3) is 0 Å². The van der Waals surface area contributed by atoms with Crippen LogP contribution < -0.4 is 4.74 Å². The molecule has 0 amide bonds. The number of sulfone groups is 1. The first kappa shape index (κ1) is 15.4. The van der Waals surface area contributed by atoms with Crippen molar-refractivity contribution in [2.75, 3.05) is 19.6 Å². The molecule has 0 fully saturated rings. The summed E-state index contributed by atoms with van der Waals surface area (Å²) in [7, 11) is -3.58. The first-order valence-electron chi connectivity index (χ1n) is 5.15. The van der Waals surface area contributed by atoms with Crippen molar-refractivity contribution in [1.29, 1.82) is 0 Å². The molecule has 0 bridgehead atoms. The number of halogens is 2. The Labute approximate surface area is 108 Å². The first-order chi connectivity index (χ1) is 8.79. The summed E-state index contributed by atoms with van der Waals surface area (Å²) in [5.74, 6) is -1.72. The number of alkyl halides is 2. The second kappa shape index (κ2) is 5.96. The van der Waals surface area contributed by atoms with Crippen LogP contribution in [0.15, 0.2) is 23.1 Å². The number of aromatic carboxylic acids is 1. The summed E-state index contributed by atoms with van der Waals surface area (Å²) in [5, 5.41) is 8.95. The molecule has 0 heterocycles. The Hall–Kier alpha value is -1.70. The number of carbonyl (C=O) groups is 1. The van der Waals surface area contributed by atoms with E-state index in [1.54, 1.807) is 0 Å². The molecule has 0 aliphatic rings. The summed E-state index contributed by atoms with van der Waals surface area (Å²) in [4.78, 5) is 10.8. The van der Waals surface area contributed by atoms with Crippen molar-refractivity contribution in [3.8, 4) is 5.75 Å². The fourth-order valence-corrected chi connectivity index (χ4v) is 1.94. The molecule has 0 spiro atoms. The van der Waals surface area contributed by atoms with Gasteiger partial charge in [-0.25, -0.2) is 22.0 Å². The van der Waals surface area contributed by atoms with Crippen molar-refractivity contribution in [3.63, 3.8) is 0 Å².